The maximum atomic E-state index is 12.5. The van der Waals surface area contributed by atoms with E-state index in [4.69, 9.17) is 0 Å². The molecule has 0 radical (unpaired) electrons. The third-order valence-electron chi connectivity index (χ3n) is 3.44. The first-order chi connectivity index (χ1) is 10.7. The van der Waals surface area contributed by atoms with Crippen molar-refractivity contribution in [2.24, 2.45) is 0 Å². The standard InChI is InChI=1S/C17H17O5P/c1-11-5-3-7-13(9-11)15(18)17(23(20,21)22)16(19)14-8-4-6-12(2)10-14/h3-10,17H,1-2H3,(H2,20,21,22). The van der Waals surface area contributed by atoms with Crippen molar-refractivity contribution in [1.29, 1.82) is 0 Å². The van der Waals surface area contributed by atoms with Gasteiger partial charge >= 0.3 is 7.60 Å². The van der Waals surface area contributed by atoms with Gasteiger partial charge in [-0.25, -0.2) is 0 Å². The SMILES string of the molecule is Cc1cccc(C(=O)C(C(=O)c2cccc(C)c2)P(=O)(O)O)c1. The first kappa shape index (κ1) is 17.3. The summed E-state index contributed by atoms with van der Waals surface area (Å²) in [6.07, 6.45) is 0. The van der Waals surface area contributed by atoms with Crippen molar-refractivity contribution in [2.75, 3.05) is 0 Å². The summed E-state index contributed by atoms with van der Waals surface area (Å²) in [7, 11) is -4.95. The molecule has 2 aromatic rings. The zero-order chi connectivity index (χ0) is 17.2. The number of carbonyl (C=O) groups is 2. The number of rotatable bonds is 5. The lowest BCUT2D eigenvalue weighted by atomic mass is 9.99. The maximum absolute atomic E-state index is 12.5. The molecule has 0 spiro atoms. The van der Waals surface area contributed by atoms with Gasteiger partial charge in [-0.3, -0.25) is 14.2 Å². The van der Waals surface area contributed by atoms with E-state index in [-0.39, 0.29) is 11.1 Å². The van der Waals surface area contributed by atoms with Crippen LogP contribution in [0.15, 0.2) is 48.5 Å². The van der Waals surface area contributed by atoms with E-state index < -0.39 is 24.8 Å². The molecule has 0 aliphatic carbocycles. The number of aryl methyl sites for hydroxylation is 2. The van der Waals surface area contributed by atoms with Gasteiger partial charge in [0.1, 0.15) is 0 Å². The van der Waals surface area contributed by atoms with Gasteiger partial charge in [0, 0.05) is 11.1 Å². The molecule has 120 valence electrons. The van der Waals surface area contributed by atoms with Crippen LogP contribution >= 0.6 is 7.60 Å². The Bertz CT molecular complexity index is 749. The van der Waals surface area contributed by atoms with Crippen molar-refractivity contribution in [3.8, 4) is 0 Å². The zero-order valence-corrected chi connectivity index (χ0v) is 13.7. The van der Waals surface area contributed by atoms with Crippen molar-refractivity contribution in [3.63, 3.8) is 0 Å². The molecule has 0 aromatic heterocycles. The molecule has 0 unspecified atom stereocenters. The normalized spacial score (nSPS) is 11.5. The Morgan fingerprint density at radius 1 is 0.870 bits per heavy atom. The summed E-state index contributed by atoms with van der Waals surface area (Å²) in [6, 6.07) is 12.6. The number of carbonyl (C=O) groups excluding carboxylic acids is 2. The van der Waals surface area contributed by atoms with Crippen LogP contribution < -0.4 is 0 Å². The fourth-order valence-corrected chi connectivity index (χ4v) is 3.25. The minimum Gasteiger partial charge on any atom is -0.324 e. The molecule has 5 nitrogen and oxygen atoms in total. The molecule has 0 aliphatic heterocycles. The van der Waals surface area contributed by atoms with Crippen molar-refractivity contribution in [2.45, 2.75) is 19.5 Å². The van der Waals surface area contributed by atoms with Crippen LogP contribution in [-0.2, 0) is 4.57 Å². The predicted octanol–water partition coefficient (Wildman–Crippen LogP) is 2.92. The predicted molar refractivity (Wildman–Crippen MR) is 86.9 cm³/mol. The largest absolute Gasteiger partial charge is 0.344 e. The molecule has 0 fully saturated rings. The van der Waals surface area contributed by atoms with Crippen LogP contribution in [0.25, 0.3) is 0 Å². The molecule has 23 heavy (non-hydrogen) atoms. The number of hydrogen-bond acceptors (Lipinski definition) is 3. The zero-order valence-electron chi connectivity index (χ0n) is 12.8. The number of benzene rings is 2. The smallest absolute Gasteiger partial charge is 0.324 e. The van der Waals surface area contributed by atoms with Crippen LogP contribution in [0.3, 0.4) is 0 Å². The quantitative estimate of drug-likeness (QED) is 0.499. The average molecular weight is 332 g/mol. The second-order valence-electron chi connectivity index (χ2n) is 5.46. The highest BCUT2D eigenvalue weighted by Gasteiger charge is 2.42. The molecule has 2 rings (SSSR count). The van der Waals surface area contributed by atoms with E-state index in [1.807, 2.05) is 0 Å². The van der Waals surface area contributed by atoms with Crippen LogP contribution in [0.5, 0.6) is 0 Å². The van der Waals surface area contributed by atoms with E-state index in [9.17, 15) is 23.9 Å². The minimum atomic E-state index is -4.95. The second-order valence-corrected chi connectivity index (χ2v) is 7.15. The summed E-state index contributed by atoms with van der Waals surface area (Å²) in [5.41, 5.74) is -0.267. The van der Waals surface area contributed by atoms with Crippen molar-refractivity contribution in [3.05, 3.63) is 70.8 Å². The number of hydrogen-bond donors (Lipinski definition) is 2. The highest BCUT2D eigenvalue weighted by atomic mass is 31.2. The Hall–Kier alpha value is -2.07. The molecule has 6 heteroatoms. The second kappa shape index (κ2) is 6.59. The van der Waals surface area contributed by atoms with Gasteiger partial charge in [0.15, 0.2) is 17.2 Å². The van der Waals surface area contributed by atoms with Gasteiger partial charge in [0.2, 0.25) is 0 Å². The number of ketones is 2. The Morgan fingerprint density at radius 3 is 1.57 bits per heavy atom. The lowest BCUT2D eigenvalue weighted by molar-refractivity contribution is 0.0887. The topological polar surface area (TPSA) is 91.7 Å². The summed E-state index contributed by atoms with van der Waals surface area (Å²) in [4.78, 5) is 44.2. The van der Waals surface area contributed by atoms with Gasteiger partial charge in [-0.05, 0) is 26.0 Å². The van der Waals surface area contributed by atoms with Crippen molar-refractivity contribution >= 4 is 19.2 Å². The first-order valence-corrected chi connectivity index (χ1v) is 8.65. The van der Waals surface area contributed by atoms with E-state index in [1.54, 1.807) is 38.1 Å². The van der Waals surface area contributed by atoms with Crippen LogP contribution in [-0.4, -0.2) is 27.0 Å². The van der Waals surface area contributed by atoms with Gasteiger partial charge < -0.3 is 9.79 Å². The summed E-state index contributed by atoms with van der Waals surface area (Å²) < 4.78 is 11.8. The molecule has 2 N–H and O–H groups in total. The summed E-state index contributed by atoms with van der Waals surface area (Å²) in [6.45, 7) is 3.51. The third-order valence-corrected chi connectivity index (χ3v) is 4.58. The molecule has 0 aliphatic rings. The van der Waals surface area contributed by atoms with Gasteiger partial charge in [-0.1, -0.05) is 47.5 Å². The molecule has 0 saturated heterocycles. The fraction of sp³-hybridized carbons (Fsp3) is 0.176. The van der Waals surface area contributed by atoms with Crippen LogP contribution in [0, 0.1) is 13.8 Å². The highest BCUT2D eigenvalue weighted by Crippen LogP contribution is 2.44. The maximum Gasteiger partial charge on any atom is 0.344 e. The monoisotopic (exact) mass is 332 g/mol. The van der Waals surface area contributed by atoms with Crippen molar-refractivity contribution in [1.82, 2.24) is 0 Å². The van der Waals surface area contributed by atoms with E-state index >= 15 is 0 Å². The van der Waals surface area contributed by atoms with E-state index in [0.29, 0.717) is 0 Å². The molecular weight excluding hydrogens is 315 g/mol. The van der Waals surface area contributed by atoms with Gasteiger partial charge in [0.25, 0.3) is 0 Å². The molecule has 2 aromatic carbocycles. The average Bonchev–Trinajstić information content (AvgIpc) is 2.45. The third kappa shape index (κ3) is 4.02. The summed E-state index contributed by atoms with van der Waals surface area (Å²) in [5, 5.41) is 0. The molecule has 0 bridgehead atoms. The molecule has 0 atom stereocenters. The fourth-order valence-electron chi connectivity index (χ4n) is 2.34. The molecule has 0 saturated carbocycles. The van der Waals surface area contributed by atoms with Gasteiger partial charge in [-0.2, -0.15) is 0 Å². The van der Waals surface area contributed by atoms with Crippen molar-refractivity contribution < 1.29 is 23.9 Å². The Balaban J connectivity index is 2.48. The molecule has 0 amide bonds. The Morgan fingerprint density at radius 2 is 1.26 bits per heavy atom. The molecule has 0 heterocycles. The Kier molecular flexibility index (Phi) is 4.95. The minimum absolute atomic E-state index is 0.110. The number of Topliss-reactive ketones (excluding diaryl/α,β-unsaturated/α-hetero) is 2. The van der Waals surface area contributed by atoms with E-state index in [0.717, 1.165) is 11.1 Å². The lowest BCUT2D eigenvalue weighted by Gasteiger charge is -2.17. The van der Waals surface area contributed by atoms with E-state index in [1.165, 1.54) is 24.3 Å². The summed E-state index contributed by atoms with van der Waals surface area (Å²) in [5.74, 6) is -1.73. The Labute approximate surface area is 134 Å². The molecular formula is C17H17O5P. The van der Waals surface area contributed by atoms with Crippen LogP contribution in [0.4, 0.5) is 0 Å². The van der Waals surface area contributed by atoms with Gasteiger partial charge in [-0.15, -0.1) is 0 Å². The lowest BCUT2D eigenvalue weighted by Crippen LogP contribution is -2.30. The van der Waals surface area contributed by atoms with Gasteiger partial charge in [0.05, 0.1) is 0 Å². The van der Waals surface area contributed by atoms with Crippen LogP contribution in [0.1, 0.15) is 31.8 Å². The summed E-state index contributed by atoms with van der Waals surface area (Å²) >= 11 is 0. The van der Waals surface area contributed by atoms with E-state index in [2.05, 4.69) is 0 Å². The highest BCUT2D eigenvalue weighted by molar-refractivity contribution is 7.55. The first-order valence-electron chi connectivity index (χ1n) is 6.97. The van der Waals surface area contributed by atoms with Crippen LogP contribution in [0.2, 0.25) is 0 Å².